The van der Waals surface area contributed by atoms with Crippen molar-refractivity contribution in [3.05, 3.63) is 52.4 Å². The van der Waals surface area contributed by atoms with Gasteiger partial charge >= 0.3 is 11.9 Å². The number of rotatable bonds is 9. The van der Waals surface area contributed by atoms with Crippen molar-refractivity contribution in [2.24, 2.45) is 11.8 Å². The van der Waals surface area contributed by atoms with Gasteiger partial charge in [-0.2, -0.15) is 0 Å². The normalized spacial score (nSPS) is 22.8. The van der Waals surface area contributed by atoms with Gasteiger partial charge in [0.1, 0.15) is 11.7 Å². The van der Waals surface area contributed by atoms with Gasteiger partial charge in [0.25, 0.3) is 0 Å². The number of Topliss-reactive ketones (excluding diaryl/α,β-unsaturated/α-hetero) is 1. The fourth-order valence-electron chi connectivity index (χ4n) is 4.77. The minimum Gasteiger partial charge on any atom is -0.493 e. The third kappa shape index (κ3) is 5.44. The second-order valence-corrected chi connectivity index (χ2v) is 9.40. The Morgan fingerprint density at radius 3 is 2.57 bits per heavy atom. The molecule has 0 saturated heterocycles. The van der Waals surface area contributed by atoms with Crippen LogP contribution in [0.4, 0.5) is 0 Å². The van der Waals surface area contributed by atoms with Crippen LogP contribution in [-0.2, 0) is 23.9 Å². The summed E-state index contributed by atoms with van der Waals surface area (Å²) in [6.07, 6.45) is 2.74. The molecule has 1 aromatic rings. The van der Waals surface area contributed by atoms with Gasteiger partial charge in [-0.25, -0.2) is 4.79 Å². The topological polar surface area (TPSA) is 90.9 Å². The zero-order valence-corrected chi connectivity index (χ0v) is 21.6. The molecule has 1 N–H and O–H groups in total. The summed E-state index contributed by atoms with van der Waals surface area (Å²) in [5, 5.41) is 3.30. The number of esters is 2. The van der Waals surface area contributed by atoms with Gasteiger partial charge in [-0.1, -0.05) is 45.4 Å². The molecule has 4 atom stereocenters. The molecule has 1 heterocycles. The second kappa shape index (κ2) is 11.6. The first-order valence-electron chi connectivity index (χ1n) is 12.5. The number of carbonyl (C=O) groups is 3. The van der Waals surface area contributed by atoms with Crippen LogP contribution >= 0.6 is 0 Å². The van der Waals surface area contributed by atoms with Gasteiger partial charge in [0, 0.05) is 22.5 Å². The van der Waals surface area contributed by atoms with E-state index in [9.17, 15) is 14.4 Å². The van der Waals surface area contributed by atoms with E-state index in [0.29, 0.717) is 47.6 Å². The largest absolute Gasteiger partial charge is 0.493 e. The summed E-state index contributed by atoms with van der Waals surface area (Å²) in [5.41, 5.74) is 2.85. The molecular formula is C28H37NO6. The van der Waals surface area contributed by atoms with Crippen LogP contribution in [0.1, 0.15) is 71.8 Å². The van der Waals surface area contributed by atoms with E-state index in [-0.39, 0.29) is 17.8 Å². The molecule has 7 nitrogen and oxygen atoms in total. The second-order valence-electron chi connectivity index (χ2n) is 9.40. The summed E-state index contributed by atoms with van der Waals surface area (Å²) in [7, 11) is 1.29. The third-order valence-electron chi connectivity index (χ3n) is 6.83. The molecule has 0 amide bonds. The molecule has 0 fully saturated rings. The minimum atomic E-state index is -0.929. The standard InChI is InChI=1S/C28H37NO6/c1-7-9-14-34-21-13-11-10-12-19(21)24-23(28(32)35-17(4)8-2)18(5)29-20-15-16(3)22(27(31)33-6)26(30)25(20)24/h10-13,16-17,22,24,29H,7-9,14-15H2,1-6H3/t16-,17-,22-,24-/m0/s1. The first-order valence-corrected chi connectivity index (χ1v) is 12.5. The number of benzene rings is 1. The minimum absolute atomic E-state index is 0.237. The van der Waals surface area contributed by atoms with Crippen molar-refractivity contribution >= 4 is 17.7 Å². The third-order valence-corrected chi connectivity index (χ3v) is 6.83. The van der Waals surface area contributed by atoms with Crippen molar-refractivity contribution in [3.63, 3.8) is 0 Å². The van der Waals surface area contributed by atoms with Crippen molar-refractivity contribution in [3.8, 4) is 5.75 Å². The van der Waals surface area contributed by atoms with Gasteiger partial charge in [-0.15, -0.1) is 0 Å². The molecule has 0 radical (unpaired) electrons. The molecule has 7 heteroatoms. The van der Waals surface area contributed by atoms with Gasteiger partial charge in [0.2, 0.25) is 0 Å². The quantitative estimate of drug-likeness (QED) is 0.306. The van der Waals surface area contributed by atoms with Crippen molar-refractivity contribution in [2.45, 2.75) is 72.3 Å². The predicted octanol–water partition coefficient (Wildman–Crippen LogP) is 4.82. The van der Waals surface area contributed by atoms with Gasteiger partial charge < -0.3 is 19.5 Å². The molecule has 1 aliphatic carbocycles. The maximum atomic E-state index is 13.9. The molecular weight excluding hydrogens is 446 g/mol. The maximum absolute atomic E-state index is 13.9. The lowest BCUT2D eigenvalue weighted by molar-refractivity contribution is -0.151. The average molecular weight is 484 g/mol. The number of dihydropyridines is 1. The summed E-state index contributed by atoms with van der Waals surface area (Å²) < 4.78 is 16.8. The molecule has 0 aromatic heterocycles. The van der Waals surface area contributed by atoms with Gasteiger partial charge in [-0.05, 0) is 45.1 Å². The molecule has 1 aliphatic heterocycles. The lowest BCUT2D eigenvalue weighted by Crippen LogP contribution is -2.43. The Morgan fingerprint density at radius 2 is 1.91 bits per heavy atom. The number of methoxy groups -OCH3 is 1. The number of carbonyl (C=O) groups excluding carboxylic acids is 3. The zero-order chi connectivity index (χ0) is 25.7. The highest BCUT2D eigenvalue weighted by molar-refractivity contribution is 6.12. The van der Waals surface area contributed by atoms with Crippen LogP contribution in [0.5, 0.6) is 5.75 Å². The molecule has 0 saturated carbocycles. The van der Waals surface area contributed by atoms with E-state index in [1.807, 2.05) is 52.0 Å². The van der Waals surface area contributed by atoms with Crippen LogP contribution in [0.2, 0.25) is 0 Å². The summed E-state index contributed by atoms with van der Waals surface area (Å²) in [6.45, 7) is 10.1. The molecule has 3 rings (SSSR count). The van der Waals surface area contributed by atoms with Crippen LogP contribution in [0.25, 0.3) is 0 Å². The summed E-state index contributed by atoms with van der Waals surface area (Å²) in [5.74, 6) is -2.63. The average Bonchev–Trinajstić information content (AvgIpc) is 2.83. The van der Waals surface area contributed by atoms with Crippen LogP contribution < -0.4 is 10.1 Å². The van der Waals surface area contributed by atoms with Crippen LogP contribution in [0, 0.1) is 11.8 Å². The number of para-hydroxylation sites is 1. The summed E-state index contributed by atoms with van der Waals surface area (Å²) in [6, 6.07) is 7.47. The van der Waals surface area contributed by atoms with Gasteiger partial charge in [-0.3, -0.25) is 9.59 Å². The molecule has 190 valence electrons. The Morgan fingerprint density at radius 1 is 1.20 bits per heavy atom. The van der Waals surface area contributed by atoms with Crippen molar-refractivity contribution in [2.75, 3.05) is 13.7 Å². The monoisotopic (exact) mass is 483 g/mol. The highest BCUT2D eigenvalue weighted by atomic mass is 16.5. The molecule has 2 aliphatic rings. The van der Waals surface area contributed by atoms with Gasteiger partial charge in [0.15, 0.2) is 5.78 Å². The fraction of sp³-hybridized carbons (Fsp3) is 0.536. The fourth-order valence-corrected chi connectivity index (χ4v) is 4.77. The van der Waals surface area contributed by atoms with Crippen LogP contribution in [-0.4, -0.2) is 37.5 Å². The molecule has 0 unspecified atom stereocenters. The first-order chi connectivity index (χ1) is 16.7. The Labute approximate surface area is 207 Å². The highest BCUT2D eigenvalue weighted by Gasteiger charge is 2.48. The molecule has 1 aromatic carbocycles. The van der Waals surface area contributed by atoms with E-state index in [2.05, 4.69) is 12.2 Å². The smallest absolute Gasteiger partial charge is 0.337 e. The Bertz CT molecular complexity index is 1040. The summed E-state index contributed by atoms with van der Waals surface area (Å²) in [4.78, 5) is 39.9. The van der Waals surface area contributed by atoms with E-state index < -0.39 is 23.8 Å². The lowest BCUT2D eigenvalue weighted by atomic mass is 9.69. The maximum Gasteiger partial charge on any atom is 0.337 e. The van der Waals surface area contributed by atoms with Crippen molar-refractivity contribution < 1.29 is 28.6 Å². The number of hydrogen-bond acceptors (Lipinski definition) is 7. The van der Waals surface area contributed by atoms with Crippen LogP contribution in [0.15, 0.2) is 46.8 Å². The summed E-state index contributed by atoms with van der Waals surface area (Å²) >= 11 is 0. The number of ether oxygens (including phenoxy) is 3. The SMILES string of the molecule is CCCCOc1ccccc1[C@H]1C(C(=O)O[C@@H](C)CC)=C(C)NC2=C1C(=O)[C@@H](C(=O)OC)[C@@H](C)C2. The van der Waals surface area contributed by atoms with Crippen molar-refractivity contribution in [1.82, 2.24) is 5.32 Å². The van der Waals surface area contributed by atoms with E-state index in [1.165, 1.54) is 7.11 Å². The van der Waals surface area contributed by atoms with E-state index >= 15 is 0 Å². The lowest BCUT2D eigenvalue weighted by Gasteiger charge is -2.38. The van der Waals surface area contributed by atoms with E-state index in [4.69, 9.17) is 14.2 Å². The Kier molecular flexibility index (Phi) is 8.76. The first kappa shape index (κ1) is 26.5. The Hall–Kier alpha value is -3.09. The molecule has 35 heavy (non-hydrogen) atoms. The number of unbranched alkanes of at least 4 members (excludes halogenated alkanes) is 1. The number of ketones is 1. The number of hydrogen-bond donors (Lipinski definition) is 1. The highest BCUT2D eigenvalue weighted by Crippen LogP contribution is 2.47. The molecule has 0 spiro atoms. The molecule has 0 bridgehead atoms. The number of allylic oxidation sites excluding steroid dienone is 3. The zero-order valence-electron chi connectivity index (χ0n) is 21.6. The van der Waals surface area contributed by atoms with E-state index in [1.54, 1.807) is 0 Å². The number of nitrogens with one attached hydrogen (secondary N) is 1. The van der Waals surface area contributed by atoms with Crippen molar-refractivity contribution in [1.29, 1.82) is 0 Å². The predicted molar refractivity (Wildman–Crippen MR) is 133 cm³/mol. The van der Waals surface area contributed by atoms with Gasteiger partial charge in [0.05, 0.1) is 31.3 Å². The van der Waals surface area contributed by atoms with E-state index in [0.717, 1.165) is 18.5 Å². The Balaban J connectivity index is 2.18. The van der Waals surface area contributed by atoms with Crippen LogP contribution in [0.3, 0.4) is 0 Å².